The van der Waals surface area contributed by atoms with Gasteiger partial charge in [0.1, 0.15) is 0 Å². The number of thiophene rings is 1. The van der Waals surface area contributed by atoms with Gasteiger partial charge >= 0.3 is 0 Å². The molecular formula is C16H14O2S. The number of unbranched alkanes of at least 4 members (excludes halogenated alkanes) is 1. The first-order chi connectivity index (χ1) is 9.22. The van der Waals surface area contributed by atoms with Gasteiger partial charge in [-0.15, -0.1) is 11.3 Å². The van der Waals surface area contributed by atoms with Crippen molar-refractivity contribution in [2.75, 3.05) is 0 Å². The minimum Gasteiger partial charge on any atom is -0.289 e. The van der Waals surface area contributed by atoms with Crippen molar-refractivity contribution in [2.45, 2.75) is 26.2 Å². The van der Waals surface area contributed by atoms with Gasteiger partial charge in [0, 0.05) is 15.7 Å². The maximum absolute atomic E-state index is 12.5. The third-order valence-electron chi connectivity index (χ3n) is 3.44. The molecule has 0 N–H and O–H groups in total. The smallest absolute Gasteiger partial charge is 0.196 e. The molecule has 0 atom stereocenters. The first-order valence-electron chi connectivity index (χ1n) is 6.53. The maximum atomic E-state index is 12.5. The molecule has 0 bridgehead atoms. The lowest BCUT2D eigenvalue weighted by molar-refractivity contribution is 0.0985. The molecular weight excluding hydrogens is 256 g/mol. The normalized spacial score (nSPS) is 14.7. The maximum Gasteiger partial charge on any atom is 0.196 e. The Balaban J connectivity index is 2.14. The fourth-order valence-corrected chi connectivity index (χ4v) is 3.56. The Morgan fingerprint density at radius 2 is 1.95 bits per heavy atom. The second kappa shape index (κ2) is 4.74. The van der Waals surface area contributed by atoms with Crippen LogP contribution in [0.4, 0.5) is 0 Å². The molecule has 1 heterocycles. The van der Waals surface area contributed by atoms with E-state index in [1.807, 2.05) is 24.3 Å². The Morgan fingerprint density at radius 1 is 1.16 bits per heavy atom. The lowest BCUT2D eigenvalue weighted by Gasteiger charge is -2.11. The van der Waals surface area contributed by atoms with Crippen molar-refractivity contribution in [1.29, 1.82) is 0 Å². The molecule has 0 saturated heterocycles. The van der Waals surface area contributed by atoms with Gasteiger partial charge in [-0.3, -0.25) is 9.59 Å². The van der Waals surface area contributed by atoms with Gasteiger partial charge in [-0.2, -0.15) is 0 Å². The summed E-state index contributed by atoms with van der Waals surface area (Å²) in [7, 11) is 0. The number of ketones is 2. The summed E-state index contributed by atoms with van der Waals surface area (Å²) in [6.45, 7) is 2.08. The Hall–Kier alpha value is -1.74. The second-order valence-corrected chi connectivity index (χ2v) is 5.82. The Kier molecular flexibility index (Phi) is 3.07. The van der Waals surface area contributed by atoms with Crippen molar-refractivity contribution >= 4 is 33.0 Å². The highest BCUT2D eigenvalue weighted by Gasteiger charge is 2.29. The molecule has 0 aliphatic heterocycles. The van der Waals surface area contributed by atoms with Crippen molar-refractivity contribution in [2.24, 2.45) is 0 Å². The molecule has 96 valence electrons. The summed E-state index contributed by atoms with van der Waals surface area (Å²) in [5, 5.41) is 0.919. The summed E-state index contributed by atoms with van der Waals surface area (Å²) in [6, 6.07) is 7.74. The summed E-state index contributed by atoms with van der Waals surface area (Å²) in [4.78, 5) is 25.3. The van der Waals surface area contributed by atoms with Crippen LogP contribution in [0.15, 0.2) is 35.9 Å². The Labute approximate surface area is 115 Å². The monoisotopic (exact) mass is 270 g/mol. The minimum atomic E-state index is -0.0121. The summed E-state index contributed by atoms with van der Waals surface area (Å²) in [6.07, 6.45) is 4.21. The molecule has 0 saturated carbocycles. The Morgan fingerprint density at radius 3 is 2.74 bits per heavy atom. The van der Waals surface area contributed by atoms with Crippen molar-refractivity contribution in [3.8, 4) is 0 Å². The van der Waals surface area contributed by atoms with E-state index in [-0.39, 0.29) is 11.6 Å². The number of Topliss-reactive ketones (excluding diaryl/α,β-unsaturated/α-hetero) is 1. The summed E-state index contributed by atoms with van der Waals surface area (Å²) >= 11 is 1.42. The van der Waals surface area contributed by atoms with Crippen molar-refractivity contribution in [3.63, 3.8) is 0 Å². The van der Waals surface area contributed by atoms with Crippen LogP contribution in [-0.2, 0) is 0 Å². The third-order valence-corrected chi connectivity index (χ3v) is 4.63. The van der Waals surface area contributed by atoms with Crippen LogP contribution in [0.5, 0.6) is 0 Å². The number of carbonyl (C=O) groups is 2. The first-order valence-corrected chi connectivity index (χ1v) is 7.35. The molecule has 0 amide bonds. The molecule has 19 heavy (non-hydrogen) atoms. The molecule has 3 rings (SSSR count). The average molecular weight is 270 g/mol. The van der Waals surface area contributed by atoms with Crippen LogP contribution >= 0.6 is 11.3 Å². The number of fused-ring (bicyclic) bond motifs is 3. The van der Waals surface area contributed by atoms with Crippen LogP contribution in [0.3, 0.4) is 0 Å². The molecule has 3 heteroatoms. The topological polar surface area (TPSA) is 34.1 Å². The fraction of sp³-hybridized carbons (Fsp3) is 0.250. The SMILES string of the molecule is CCCCC1=CC(=O)c2sc3ccccc3c2C1=O. The van der Waals surface area contributed by atoms with Gasteiger partial charge in [0.25, 0.3) is 0 Å². The van der Waals surface area contributed by atoms with E-state index in [1.165, 1.54) is 17.4 Å². The third kappa shape index (κ3) is 1.94. The van der Waals surface area contributed by atoms with E-state index in [1.54, 1.807) is 0 Å². The standard InChI is InChI=1S/C16H14O2S/c1-2-3-6-10-9-12(17)16-14(15(10)18)11-7-4-5-8-13(11)19-16/h4-5,7-9H,2-3,6H2,1H3. The van der Waals surface area contributed by atoms with E-state index < -0.39 is 0 Å². The molecule has 0 spiro atoms. The molecule has 1 aromatic heterocycles. The lowest BCUT2D eigenvalue weighted by Crippen LogP contribution is -2.14. The Bertz CT molecular complexity index is 707. The van der Waals surface area contributed by atoms with E-state index in [0.29, 0.717) is 22.4 Å². The average Bonchev–Trinajstić information content (AvgIpc) is 2.81. The predicted octanol–water partition coefficient (Wildman–Crippen LogP) is 4.40. The molecule has 0 radical (unpaired) electrons. The molecule has 1 aliphatic carbocycles. The second-order valence-electron chi connectivity index (χ2n) is 4.77. The highest BCUT2D eigenvalue weighted by atomic mass is 32.1. The largest absolute Gasteiger partial charge is 0.289 e. The number of carbonyl (C=O) groups excluding carboxylic acids is 2. The van der Waals surface area contributed by atoms with Crippen molar-refractivity contribution in [1.82, 2.24) is 0 Å². The highest BCUT2D eigenvalue weighted by Crippen LogP contribution is 2.36. The van der Waals surface area contributed by atoms with Crippen LogP contribution in [0.1, 0.15) is 46.2 Å². The van der Waals surface area contributed by atoms with Crippen LogP contribution in [0.25, 0.3) is 10.1 Å². The van der Waals surface area contributed by atoms with Crippen LogP contribution < -0.4 is 0 Å². The van der Waals surface area contributed by atoms with E-state index in [2.05, 4.69) is 6.92 Å². The van der Waals surface area contributed by atoms with Gasteiger partial charge in [-0.05, 0) is 25.0 Å². The molecule has 1 aliphatic rings. The van der Waals surface area contributed by atoms with E-state index in [0.717, 1.165) is 22.9 Å². The number of rotatable bonds is 3. The lowest BCUT2D eigenvalue weighted by atomic mass is 9.90. The summed E-state index contributed by atoms with van der Waals surface area (Å²) in [5.74, 6) is 0.0300. The zero-order valence-electron chi connectivity index (χ0n) is 10.7. The van der Waals surface area contributed by atoms with Gasteiger partial charge < -0.3 is 0 Å². The number of hydrogen-bond donors (Lipinski definition) is 0. The number of benzene rings is 1. The van der Waals surface area contributed by atoms with Crippen LogP contribution in [-0.4, -0.2) is 11.6 Å². The molecule has 2 aromatic rings. The van der Waals surface area contributed by atoms with Gasteiger partial charge in [-0.25, -0.2) is 0 Å². The van der Waals surface area contributed by atoms with E-state index in [9.17, 15) is 9.59 Å². The predicted molar refractivity (Wildman–Crippen MR) is 78.1 cm³/mol. The number of hydrogen-bond acceptors (Lipinski definition) is 3. The van der Waals surface area contributed by atoms with Crippen LogP contribution in [0.2, 0.25) is 0 Å². The van der Waals surface area contributed by atoms with Gasteiger partial charge in [0.2, 0.25) is 0 Å². The molecule has 0 fully saturated rings. The molecule has 2 nitrogen and oxygen atoms in total. The van der Waals surface area contributed by atoms with Gasteiger partial charge in [-0.1, -0.05) is 31.5 Å². The summed E-state index contributed by atoms with van der Waals surface area (Å²) < 4.78 is 1.01. The summed E-state index contributed by atoms with van der Waals surface area (Å²) in [5.41, 5.74) is 1.29. The number of allylic oxidation sites excluding steroid dienone is 2. The van der Waals surface area contributed by atoms with Gasteiger partial charge in [0.05, 0.1) is 10.4 Å². The van der Waals surface area contributed by atoms with E-state index >= 15 is 0 Å². The van der Waals surface area contributed by atoms with E-state index in [4.69, 9.17) is 0 Å². The zero-order chi connectivity index (χ0) is 13.4. The van der Waals surface area contributed by atoms with Crippen molar-refractivity contribution in [3.05, 3.63) is 46.4 Å². The highest BCUT2D eigenvalue weighted by molar-refractivity contribution is 7.21. The quantitative estimate of drug-likeness (QED) is 0.828. The van der Waals surface area contributed by atoms with Crippen molar-refractivity contribution < 1.29 is 9.59 Å². The van der Waals surface area contributed by atoms with Gasteiger partial charge in [0.15, 0.2) is 11.6 Å². The molecule has 1 aromatic carbocycles. The minimum absolute atomic E-state index is 0.0121. The zero-order valence-corrected chi connectivity index (χ0v) is 11.5. The fourth-order valence-electron chi connectivity index (χ4n) is 2.45. The van der Waals surface area contributed by atoms with Crippen LogP contribution in [0, 0.1) is 0 Å². The molecule has 0 unspecified atom stereocenters. The first kappa shape index (κ1) is 12.3.